The van der Waals surface area contributed by atoms with Gasteiger partial charge in [0.2, 0.25) is 5.78 Å². The van der Waals surface area contributed by atoms with Crippen LogP contribution >= 0.6 is 24.8 Å². The number of ketones is 1. The van der Waals surface area contributed by atoms with Crippen molar-refractivity contribution in [3.8, 4) is 5.75 Å². The van der Waals surface area contributed by atoms with Gasteiger partial charge >= 0.3 is 0 Å². The van der Waals surface area contributed by atoms with Crippen LogP contribution in [0.3, 0.4) is 0 Å². The summed E-state index contributed by atoms with van der Waals surface area (Å²) in [6.45, 7) is 15.5. The molecule has 0 unspecified atom stereocenters. The third-order valence-corrected chi connectivity index (χ3v) is 5.90. The van der Waals surface area contributed by atoms with Gasteiger partial charge in [-0.05, 0) is 73.2 Å². The highest BCUT2D eigenvalue weighted by molar-refractivity contribution is 6.25. The van der Waals surface area contributed by atoms with Crippen LogP contribution < -0.4 is 4.74 Å². The molecule has 0 atom stereocenters. The molecule has 1 aromatic rings. The first-order valence-corrected chi connectivity index (χ1v) is 11.1. The molecule has 3 rings (SSSR count). The highest BCUT2D eigenvalue weighted by Gasteiger charge is 2.29. The van der Waals surface area contributed by atoms with Crippen LogP contribution in [-0.4, -0.2) is 68.1 Å². The fraction of sp³-hybridized carbons (Fsp3) is 0.480. The third kappa shape index (κ3) is 6.61. The molecule has 1 aromatic carbocycles. The van der Waals surface area contributed by atoms with Crippen LogP contribution in [0.5, 0.6) is 5.75 Å². The zero-order valence-electron chi connectivity index (χ0n) is 19.6. The van der Waals surface area contributed by atoms with Crippen LogP contribution in [0.15, 0.2) is 41.7 Å². The molecular weight excluding hydrogens is 447 g/mol. The van der Waals surface area contributed by atoms with Crippen molar-refractivity contribution in [3.63, 3.8) is 0 Å². The fourth-order valence-corrected chi connectivity index (χ4v) is 3.88. The predicted molar refractivity (Wildman–Crippen MR) is 137 cm³/mol. The van der Waals surface area contributed by atoms with E-state index in [4.69, 9.17) is 9.47 Å². The molecule has 32 heavy (non-hydrogen) atoms. The van der Waals surface area contributed by atoms with E-state index in [9.17, 15) is 4.79 Å². The fourth-order valence-electron chi connectivity index (χ4n) is 3.88. The number of carbonyl (C=O) groups excluding carboxylic acids is 1. The Bertz CT molecular complexity index is 857. The number of allylic oxidation sites excluding steroid dienone is 4. The lowest BCUT2D eigenvalue weighted by Gasteiger charge is -2.20. The van der Waals surface area contributed by atoms with Gasteiger partial charge in [-0.1, -0.05) is 33.8 Å². The maximum Gasteiger partial charge on any atom is 0.228 e. The summed E-state index contributed by atoms with van der Waals surface area (Å²) in [6, 6.07) is 6.06. The number of benzene rings is 1. The summed E-state index contributed by atoms with van der Waals surface area (Å²) in [5.41, 5.74) is 3.79. The zero-order valence-corrected chi connectivity index (χ0v) is 21.2. The maximum atomic E-state index is 12.9. The Morgan fingerprint density at radius 3 is 1.97 bits per heavy atom. The Hall–Kier alpha value is -1.79. The highest BCUT2D eigenvalue weighted by Crippen LogP contribution is 2.40. The Labute approximate surface area is 204 Å². The highest BCUT2D eigenvalue weighted by atomic mass is 35.5. The summed E-state index contributed by atoms with van der Waals surface area (Å²) in [5, 5.41) is 0. The summed E-state index contributed by atoms with van der Waals surface area (Å²) in [6.07, 6.45) is 5.76. The number of rotatable bonds is 12. The lowest BCUT2D eigenvalue weighted by Crippen LogP contribution is -2.27. The number of hydrogen-bond acceptors (Lipinski definition) is 5. The van der Waals surface area contributed by atoms with Gasteiger partial charge in [0.05, 0.1) is 0 Å². The molecule has 2 aliphatic carbocycles. The van der Waals surface area contributed by atoms with Crippen molar-refractivity contribution in [2.24, 2.45) is 0 Å². The van der Waals surface area contributed by atoms with E-state index in [1.165, 1.54) is 0 Å². The standard InChI is InChI=1S/C25H34N2O3.2ClH/c1-5-26(6-2)13-15-29-20-9-10-21-19(17-20)18-23-22(21)11-12-24(25(23)28)30-16-14-27(7-3)8-4;;/h9-12,17-18H,5-8,13-16H2,1-4H3;2*1H. The molecule has 0 radical (unpaired) electrons. The summed E-state index contributed by atoms with van der Waals surface area (Å²) in [4.78, 5) is 17.5. The maximum absolute atomic E-state index is 12.9. The number of fused-ring (bicyclic) bond motifs is 3. The smallest absolute Gasteiger partial charge is 0.228 e. The quantitative estimate of drug-likeness (QED) is 0.425. The van der Waals surface area contributed by atoms with Crippen molar-refractivity contribution in [2.45, 2.75) is 27.7 Å². The van der Waals surface area contributed by atoms with E-state index in [0.29, 0.717) is 24.5 Å². The van der Waals surface area contributed by atoms with E-state index in [2.05, 4.69) is 37.5 Å². The van der Waals surface area contributed by atoms with Gasteiger partial charge in [0, 0.05) is 18.7 Å². The Balaban J connectivity index is 0.00000256. The molecule has 0 aliphatic heterocycles. The zero-order chi connectivity index (χ0) is 21.5. The number of ether oxygens (including phenoxy) is 2. The van der Waals surface area contributed by atoms with Crippen molar-refractivity contribution in [2.75, 3.05) is 52.5 Å². The molecule has 0 heterocycles. The first-order chi connectivity index (χ1) is 14.6. The average molecular weight is 483 g/mol. The summed E-state index contributed by atoms with van der Waals surface area (Å²) >= 11 is 0. The molecular formula is C25H36Cl2N2O3. The van der Waals surface area contributed by atoms with Gasteiger partial charge in [-0.2, -0.15) is 0 Å². The molecule has 0 bridgehead atoms. The molecule has 7 heteroatoms. The van der Waals surface area contributed by atoms with Gasteiger partial charge in [0.15, 0.2) is 5.76 Å². The summed E-state index contributed by atoms with van der Waals surface area (Å²) in [5.74, 6) is 1.24. The van der Waals surface area contributed by atoms with Crippen LogP contribution in [0.2, 0.25) is 0 Å². The number of likely N-dealkylation sites (N-methyl/N-ethyl adjacent to an activating group) is 2. The SMILES string of the molecule is CCN(CC)CCOC1=CC=C2C(=Cc3cc(OCCN(CC)CC)ccc32)C1=O.Cl.Cl. The molecule has 178 valence electrons. The largest absolute Gasteiger partial charge is 0.492 e. The second-order valence-corrected chi connectivity index (χ2v) is 7.50. The van der Waals surface area contributed by atoms with Gasteiger partial charge < -0.3 is 19.3 Å². The second kappa shape index (κ2) is 13.7. The predicted octanol–water partition coefficient (Wildman–Crippen LogP) is 4.86. The van der Waals surface area contributed by atoms with Gasteiger partial charge in [0.25, 0.3) is 0 Å². The molecule has 5 nitrogen and oxygen atoms in total. The van der Waals surface area contributed by atoms with Crippen LogP contribution in [0.4, 0.5) is 0 Å². The van der Waals surface area contributed by atoms with Crippen molar-refractivity contribution in [1.29, 1.82) is 0 Å². The summed E-state index contributed by atoms with van der Waals surface area (Å²) < 4.78 is 11.8. The topological polar surface area (TPSA) is 42.0 Å². The minimum Gasteiger partial charge on any atom is -0.492 e. The number of halogens is 2. The number of hydrogen-bond donors (Lipinski definition) is 0. The first kappa shape index (κ1) is 28.2. The molecule has 2 aliphatic rings. The second-order valence-electron chi connectivity index (χ2n) is 7.50. The monoisotopic (exact) mass is 482 g/mol. The van der Waals surface area contributed by atoms with Crippen molar-refractivity contribution >= 4 is 42.2 Å². The molecule has 0 spiro atoms. The van der Waals surface area contributed by atoms with E-state index in [1.54, 1.807) is 6.08 Å². The average Bonchev–Trinajstić information content (AvgIpc) is 3.14. The Kier molecular flexibility index (Phi) is 12.1. The van der Waals surface area contributed by atoms with Crippen LogP contribution in [0.25, 0.3) is 11.6 Å². The molecule has 0 saturated heterocycles. The van der Waals surface area contributed by atoms with E-state index in [0.717, 1.165) is 61.7 Å². The van der Waals surface area contributed by atoms with Gasteiger partial charge in [-0.3, -0.25) is 4.79 Å². The van der Waals surface area contributed by atoms with E-state index in [-0.39, 0.29) is 30.6 Å². The normalized spacial score (nSPS) is 14.1. The number of carbonyl (C=O) groups is 1. The van der Waals surface area contributed by atoms with Crippen molar-refractivity contribution < 1.29 is 14.3 Å². The molecule has 0 aromatic heterocycles. The van der Waals surface area contributed by atoms with Crippen molar-refractivity contribution in [1.82, 2.24) is 9.80 Å². The minimum absolute atomic E-state index is 0. The Morgan fingerprint density at radius 2 is 1.38 bits per heavy atom. The molecule has 0 N–H and O–H groups in total. The van der Waals surface area contributed by atoms with E-state index >= 15 is 0 Å². The van der Waals surface area contributed by atoms with Crippen molar-refractivity contribution in [3.05, 3.63) is 52.8 Å². The molecule has 0 saturated carbocycles. The van der Waals surface area contributed by atoms with Gasteiger partial charge in [-0.25, -0.2) is 0 Å². The van der Waals surface area contributed by atoms with E-state index < -0.39 is 0 Å². The summed E-state index contributed by atoms with van der Waals surface area (Å²) in [7, 11) is 0. The minimum atomic E-state index is -0.0350. The molecule has 0 fully saturated rings. The Morgan fingerprint density at radius 1 is 0.781 bits per heavy atom. The van der Waals surface area contributed by atoms with Gasteiger partial charge in [-0.15, -0.1) is 24.8 Å². The van der Waals surface area contributed by atoms with E-state index in [1.807, 2.05) is 30.4 Å². The third-order valence-electron chi connectivity index (χ3n) is 5.90. The number of Topliss-reactive ketones (excluding diaryl/α,β-unsaturated/α-hetero) is 1. The molecule has 0 amide bonds. The van der Waals surface area contributed by atoms with Crippen LogP contribution in [0.1, 0.15) is 38.8 Å². The lowest BCUT2D eigenvalue weighted by atomic mass is 9.95. The van der Waals surface area contributed by atoms with Gasteiger partial charge in [0.1, 0.15) is 19.0 Å². The van der Waals surface area contributed by atoms with Crippen LogP contribution in [-0.2, 0) is 9.53 Å². The first-order valence-electron chi connectivity index (χ1n) is 11.1. The number of nitrogens with zero attached hydrogens (tertiary/aromatic N) is 2. The van der Waals surface area contributed by atoms with Crippen LogP contribution in [0, 0.1) is 0 Å². The lowest BCUT2D eigenvalue weighted by molar-refractivity contribution is -0.115.